The molecule has 0 aliphatic heterocycles. The van der Waals surface area contributed by atoms with Crippen LogP contribution in [0.5, 0.6) is 0 Å². The van der Waals surface area contributed by atoms with Crippen LogP contribution in [0.2, 0.25) is 0 Å². The Morgan fingerprint density at radius 1 is 1.00 bits per heavy atom. The average Bonchev–Trinajstić information content (AvgIpc) is 2.61. The Morgan fingerprint density at radius 3 is 2.30 bits per heavy atom. The van der Waals surface area contributed by atoms with Gasteiger partial charge in [0.25, 0.3) is 11.5 Å². The number of hydrogen-bond donors (Lipinski definition) is 3. The average molecular weight is 370 g/mol. The van der Waals surface area contributed by atoms with E-state index >= 15 is 0 Å². The van der Waals surface area contributed by atoms with Crippen molar-refractivity contribution < 1.29 is 14.4 Å². The van der Waals surface area contributed by atoms with E-state index in [4.69, 9.17) is 0 Å². The van der Waals surface area contributed by atoms with Gasteiger partial charge < -0.3 is 20.5 Å². The van der Waals surface area contributed by atoms with Crippen molar-refractivity contribution in [2.45, 2.75) is 20.4 Å². The molecule has 1 aromatic heterocycles. The minimum atomic E-state index is -0.339. The second-order valence-electron chi connectivity index (χ2n) is 6.03. The third kappa shape index (κ3) is 6.43. The number of hydrogen-bond acceptors (Lipinski definition) is 4. The van der Waals surface area contributed by atoms with Crippen molar-refractivity contribution in [1.82, 2.24) is 15.2 Å². The molecule has 0 aliphatic rings. The predicted octanol–water partition coefficient (Wildman–Crippen LogP) is 0.661. The Hall–Kier alpha value is -3.42. The first-order chi connectivity index (χ1) is 12.8. The van der Waals surface area contributed by atoms with Crippen molar-refractivity contribution in [3.05, 3.63) is 64.1 Å². The zero-order chi connectivity index (χ0) is 19.8. The molecule has 0 saturated carbocycles. The number of rotatable bonds is 7. The lowest BCUT2D eigenvalue weighted by molar-refractivity contribution is -0.119. The molecule has 2 aromatic rings. The molecular weight excluding hydrogens is 348 g/mol. The minimum Gasteiger partial charge on any atom is -0.355 e. The smallest absolute Gasteiger partial charge is 0.251 e. The quantitative estimate of drug-likeness (QED) is 0.622. The first-order valence-electron chi connectivity index (χ1n) is 8.45. The van der Waals surface area contributed by atoms with Gasteiger partial charge in [-0.25, -0.2) is 0 Å². The summed E-state index contributed by atoms with van der Waals surface area (Å²) in [5.41, 5.74) is 1.56. The van der Waals surface area contributed by atoms with E-state index in [0.29, 0.717) is 24.3 Å². The maximum absolute atomic E-state index is 12.1. The molecule has 0 fully saturated rings. The van der Waals surface area contributed by atoms with Gasteiger partial charge in [0.15, 0.2) is 0 Å². The molecule has 3 N–H and O–H groups in total. The second-order valence-corrected chi connectivity index (χ2v) is 6.03. The van der Waals surface area contributed by atoms with Crippen LogP contribution in [0.4, 0.5) is 5.69 Å². The maximum Gasteiger partial charge on any atom is 0.251 e. The Balaban J connectivity index is 1.87. The number of carbonyl (C=O) groups excluding carboxylic acids is 3. The molecule has 1 aromatic carbocycles. The highest BCUT2D eigenvalue weighted by atomic mass is 16.2. The SMILES string of the molecule is CC(=O)NCCNC(=O)c1ccc(NC(=O)Cn2ccc(C)cc2=O)cc1. The summed E-state index contributed by atoms with van der Waals surface area (Å²) in [4.78, 5) is 46.6. The highest BCUT2D eigenvalue weighted by Crippen LogP contribution is 2.09. The Bertz CT molecular complexity index is 887. The lowest BCUT2D eigenvalue weighted by atomic mass is 10.2. The van der Waals surface area contributed by atoms with Gasteiger partial charge in [-0.3, -0.25) is 19.2 Å². The van der Waals surface area contributed by atoms with Gasteiger partial charge in [-0.15, -0.1) is 0 Å². The van der Waals surface area contributed by atoms with Gasteiger partial charge in [0.05, 0.1) is 0 Å². The standard InChI is InChI=1S/C19H22N4O4/c1-13-7-10-23(18(26)11-13)12-17(25)22-16-5-3-15(4-6-16)19(27)21-9-8-20-14(2)24/h3-7,10-11H,8-9,12H2,1-2H3,(H,20,24)(H,21,27)(H,22,25). The zero-order valence-electron chi connectivity index (χ0n) is 15.2. The Morgan fingerprint density at radius 2 is 1.67 bits per heavy atom. The summed E-state index contributed by atoms with van der Waals surface area (Å²) < 4.78 is 1.32. The number of aryl methyl sites for hydroxylation is 1. The third-order valence-electron chi connectivity index (χ3n) is 3.68. The molecule has 0 spiro atoms. The van der Waals surface area contributed by atoms with E-state index in [2.05, 4.69) is 16.0 Å². The fourth-order valence-electron chi connectivity index (χ4n) is 2.31. The lowest BCUT2D eigenvalue weighted by Gasteiger charge is -2.09. The topological polar surface area (TPSA) is 109 Å². The minimum absolute atomic E-state index is 0.0928. The molecule has 0 bridgehead atoms. The van der Waals surface area contributed by atoms with Gasteiger partial charge >= 0.3 is 0 Å². The van der Waals surface area contributed by atoms with E-state index in [1.807, 2.05) is 6.92 Å². The van der Waals surface area contributed by atoms with Gasteiger partial charge in [0, 0.05) is 43.5 Å². The number of amides is 3. The number of nitrogens with zero attached hydrogens (tertiary/aromatic N) is 1. The number of carbonyl (C=O) groups is 3. The molecule has 0 atom stereocenters. The number of benzene rings is 1. The van der Waals surface area contributed by atoms with Crippen molar-refractivity contribution in [1.29, 1.82) is 0 Å². The number of pyridine rings is 1. The van der Waals surface area contributed by atoms with Crippen LogP contribution in [-0.4, -0.2) is 35.4 Å². The zero-order valence-corrected chi connectivity index (χ0v) is 15.2. The van der Waals surface area contributed by atoms with Gasteiger partial charge in [-0.1, -0.05) is 0 Å². The summed E-state index contributed by atoms with van der Waals surface area (Å²) in [5.74, 6) is -0.768. The van der Waals surface area contributed by atoms with Crippen LogP contribution in [0.25, 0.3) is 0 Å². The van der Waals surface area contributed by atoms with E-state index in [9.17, 15) is 19.2 Å². The van der Waals surface area contributed by atoms with E-state index < -0.39 is 0 Å². The molecule has 8 nitrogen and oxygen atoms in total. The van der Waals surface area contributed by atoms with Crippen LogP contribution < -0.4 is 21.5 Å². The van der Waals surface area contributed by atoms with Gasteiger partial charge in [-0.2, -0.15) is 0 Å². The van der Waals surface area contributed by atoms with Gasteiger partial charge in [-0.05, 0) is 42.8 Å². The van der Waals surface area contributed by atoms with E-state index in [0.717, 1.165) is 5.56 Å². The lowest BCUT2D eigenvalue weighted by Crippen LogP contribution is -2.33. The molecular formula is C19H22N4O4. The summed E-state index contributed by atoms with van der Waals surface area (Å²) >= 11 is 0. The molecule has 1 heterocycles. The summed E-state index contributed by atoms with van der Waals surface area (Å²) in [6, 6.07) is 9.61. The molecule has 3 amide bonds. The highest BCUT2D eigenvalue weighted by molar-refractivity contribution is 5.95. The fraction of sp³-hybridized carbons (Fsp3) is 0.263. The van der Waals surface area contributed by atoms with Crippen LogP contribution in [0.3, 0.4) is 0 Å². The third-order valence-corrected chi connectivity index (χ3v) is 3.68. The van der Waals surface area contributed by atoms with Crippen molar-refractivity contribution in [2.75, 3.05) is 18.4 Å². The number of aromatic nitrogens is 1. The Labute approximate surface area is 156 Å². The normalized spacial score (nSPS) is 10.1. The van der Waals surface area contributed by atoms with Crippen LogP contribution >= 0.6 is 0 Å². The predicted molar refractivity (Wildman–Crippen MR) is 102 cm³/mol. The number of anilines is 1. The molecule has 27 heavy (non-hydrogen) atoms. The molecule has 142 valence electrons. The highest BCUT2D eigenvalue weighted by Gasteiger charge is 2.08. The van der Waals surface area contributed by atoms with Crippen molar-refractivity contribution in [2.24, 2.45) is 0 Å². The van der Waals surface area contributed by atoms with Gasteiger partial charge in [0.1, 0.15) is 6.54 Å². The molecule has 8 heteroatoms. The van der Waals surface area contributed by atoms with E-state index in [1.54, 1.807) is 36.5 Å². The summed E-state index contributed by atoms with van der Waals surface area (Å²) in [6.45, 7) is 3.80. The van der Waals surface area contributed by atoms with Crippen molar-refractivity contribution >= 4 is 23.4 Å². The summed E-state index contributed by atoms with van der Waals surface area (Å²) in [6.07, 6.45) is 1.58. The molecule has 0 radical (unpaired) electrons. The monoisotopic (exact) mass is 370 g/mol. The first-order valence-corrected chi connectivity index (χ1v) is 8.45. The van der Waals surface area contributed by atoms with Crippen LogP contribution in [0.1, 0.15) is 22.8 Å². The van der Waals surface area contributed by atoms with Crippen LogP contribution in [0.15, 0.2) is 47.4 Å². The van der Waals surface area contributed by atoms with Crippen LogP contribution in [0, 0.1) is 6.92 Å². The molecule has 0 unspecified atom stereocenters. The first kappa shape index (κ1) is 19.9. The summed E-state index contributed by atoms with van der Waals surface area (Å²) in [5, 5.41) is 7.95. The van der Waals surface area contributed by atoms with E-state index in [1.165, 1.54) is 17.6 Å². The van der Waals surface area contributed by atoms with Crippen LogP contribution in [-0.2, 0) is 16.1 Å². The largest absolute Gasteiger partial charge is 0.355 e. The van der Waals surface area contributed by atoms with Crippen molar-refractivity contribution in [3.63, 3.8) is 0 Å². The maximum atomic E-state index is 12.1. The molecule has 0 aliphatic carbocycles. The Kier molecular flexibility index (Phi) is 6.87. The molecule has 0 saturated heterocycles. The summed E-state index contributed by atoms with van der Waals surface area (Å²) in [7, 11) is 0. The van der Waals surface area contributed by atoms with Gasteiger partial charge in [0.2, 0.25) is 11.8 Å². The second kappa shape index (κ2) is 9.33. The fourth-order valence-corrected chi connectivity index (χ4v) is 2.31. The van der Waals surface area contributed by atoms with Crippen molar-refractivity contribution in [3.8, 4) is 0 Å². The van der Waals surface area contributed by atoms with E-state index in [-0.39, 0.29) is 29.8 Å². The molecule has 2 rings (SSSR count). The number of nitrogens with one attached hydrogen (secondary N) is 3.